The van der Waals surface area contributed by atoms with Crippen LogP contribution in [0.4, 0.5) is 0 Å². The van der Waals surface area contributed by atoms with Gasteiger partial charge in [0.05, 0.1) is 57.3 Å². The maximum Gasteiger partial charge on any atom is 0.247 e. The van der Waals surface area contributed by atoms with Gasteiger partial charge in [-0.2, -0.15) is 0 Å². The van der Waals surface area contributed by atoms with Crippen molar-refractivity contribution in [2.45, 2.75) is 43.7 Å². The molecular formula is C27H32N2O9. The zero-order chi connectivity index (χ0) is 26.8. The van der Waals surface area contributed by atoms with E-state index < -0.39 is 30.1 Å². The Kier molecular flexibility index (Phi) is 7.70. The Hall–Kier alpha value is -3.38. The summed E-state index contributed by atoms with van der Waals surface area (Å²) in [6.45, 7) is 0.444. The molecule has 11 nitrogen and oxygen atoms in total. The third kappa shape index (κ3) is 4.78. The van der Waals surface area contributed by atoms with Gasteiger partial charge in [-0.05, 0) is 36.3 Å². The lowest BCUT2D eigenvalue weighted by Gasteiger charge is -2.41. The number of methoxy groups -OCH3 is 1. The quantitative estimate of drug-likeness (QED) is 0.364. The van der Waals surface area contributed by atoms with Crippen LogP contribution in [0.5, 0.6) is 11.5 Å². The summed E-state index contributed by atoms with van der Waals surface area (Å²) in [7, 11) is 1.47. The number of hydrogen-bond acceptors (Lipinski definition) is 9. The molecule has 0 radical (unpaired) electrons. The summed E-state index contributed by atoms with van der Waals surface area (Å²) >= 11 is 0. The molecule has 5 rings (SSSR count). The van der Waals surface area contributed by atoms with Crippen molar-refractivity contribution in [3.8, 4) is 11.5 Å². The van der Waals surface area contributed by atoms with Crippen LogP contribution >= 0.6 is 0 Å². The van der Waals surface area contributed by atoms with Crippen LogP contribution in [0.3, 0.4) is 0 Å². The number of ether oxygens (including phenoxy) is 3. The van der Waals surface area contributed by atoms with Crippen LogP contribution in [-0.4, -0.2) is 83.8 Å². The SMILES string of the molecule is COc1cc(CO)cc2c1OC1C2C(C(=O)NCCO)=CC(N(Cc2ccoc2)C(=O)C2CCOC2)C1O. The molecule has 0 bridgehead atoms. The number of aliphatic hydroxyl groups excluding tert-OH is 3. The van der Waals surface area contributed by atoms with Crippen molar-refractivity contribution >= 4 is 11.8 Å². The number of benzene rings is 1. The first-order valence-electron chi connectivity index (χ1n) is 12.6. The highest BCUT2D eigenvalue weighted by atomic mass is 16.5. The molecule has 3 aliphatic rings. The second-order valence-corrected chi connectivity index (χ2v) is 9.68. The maximum absolute atomic E-state index is 13.7. The van der Waals surface area contributed by atoms with Gasteiger partial charge in [-0.1, -0.05) is 0 Å². The number of hydrogen-bond donors (Lipinski definition) is 4. The molecule has 0 saturated carbocycles. The van der Waals surface area contributed by atoms with Crippen molar-refractivity contribution in [3.05, 3.63) is 59.1 Å². The zero-order valence-corrected chi connectivity index (χ0v) is 21.0. The van der Waals surface area contributed by atoms with Crippen LogP contribution in [0.25, 0.3) is 0 Å². The molecule has 3 heterocycles. The van der Waals surface area contributed by atoms with Gasteiger partial charge in [0.2, 0.25) is 11.8 Å². The van der Waals surface area contributed by atoms with Gasteiger partial charge in [-0.3, -0.25) is 9.59 Å². The summed E-state index contributed by atoms with van der Waals surface area (Å²) in [6, 6.07) is 4.22. The maximum atomic E-state index is 13.7. The van der Waals surface area contributed by atoms with E-state index in [0.717, 1.165) is 5.56 Å². The summed E-state index contributed by atoms with van der Waals surface area (Å²) in [6.07, 6.45) is 3.12. The molecule has 11 heteroatoms. The number of carbonyl (C=O) groups is 2. The van der Waals surface area contributed by atoms with Crippen LogP contribution in [0.2, 0.25) is 0 Å². The largest absolute Gasteiger partial charge is 0.493 e. The fraction of sp³-hybridized carbons (Fsp3) is 0.481. The van der Waals surface area contributed by atoms with Gasteiger partial charge in [0.15, 0.2) is 11.5 Å². The normalized spacial score (nSPS) is 25.7. The first-order chi connectivity index (χ1) is 18.5. The third-order valence-corrected chi connectivity index (χ3v) is 7.35. The molecule has 1 saturated heterocycles. The fourth-order valence-corrected chi connectivity index (χ4v) is 5.49. The summed E-state index contributed by atoms with van der Waals surface area (Å²) < 4.78 is 22.4. The minimum absolute atomic E-state index is 0.0333. The van der Waals surface area contributed by atoms with E-state index in [4.69, 9.17) is 18.6 Å². The van der Waals surface area contributed by atoms with Crippen molar-refractivity contribution in [2.24, 2.45) is 5.92 Å². The lowest BCUT2D eigenvalue weighted by molar-refractivity contribution is -0.142. The van der Waals surface area contributed by atoms with E-state index in [9.17, 15) is 24.9 Å². The molecule has 4 N–H and O–H groups in total. The van der Waals surface area contributed by atoms with Gasteiger partial charge in [0, 0.05) is 36.4 Å². The molecular weight excluding hydrogens is 496 g/mol. The highest BCUT2D eigenvalue weighted by Gasteiger charge is 2.52. The number of nitrogens with one attached hydrogen (secondary N) is 1. The van der Waals surface area contributed by atoms with E-state index in [1.165, 1.54) is 19.6 Å². The Morgan fingerprint density at radius 3 is 2.74 bits per heavy atom. The number of amides is 2. The highest BCUT2D eigenvalue weighted by Crippen LogP contribution is 2.51. The van der Waals surface area contributed by atoms with E-state index in [1.807, 2.05) is 0 Å². The zero-order valence-electron chi connectivity index (χ0n) is 21.0. The van der Waals surface area contributed by atoms with Gasteiger partial charge in [0.1, 0.15) is 12.2 Å². The molecule has 2 amide bonds. The Morgan fingerprint density at radius 1 is 1.24 bits per heavy atom. The minimum Gasteiger partial charge on any atom is -0.493 e. The van der Waals surface area contributed by atoms with Crippen LogP contribution in [0, 0.1) is 5.92 Å². The van der Waals surface area contributed by atoms with Crippen molar-refractivity contribution < 1.29 is 43.5 Å². The van der Waals surface area contributed by atoms with Gasteiger partial charge in [0.25, 0.3) is 0 Å². The van der Waals surface area contributed by atoms with Crippen LogP contribution in [0.1, 0.15) is 29.0 Å². The molecule has 38 heavy (non-hydrogen) atoms. The van der Waals surface area contributed by atoms with E-state index in [1.54, 1.807) is 29.2 Å². The molecule has 5 atom stereocenters. The number of nitrogens with zero attached hydrogens (tertiary/aromatic N) is 1. The number of furan rings is 1. The molecule has 2 aromatic rings. The van der Waals surface area contributed by atoms with Crippen molar-refractivity contribution in [1.29, 1.82) is 0 Å². The number of rotatable bonds is 9. The lowest BCUT2D eigenvalue weighted by Crippen LogP contribution is -2.56. The summed E-state index contributed by atoms with van der Waals surface area (Å²) in [5, 5.41) is 33.5. The molecule has 5 unspecified atom stereocenters. The fourth-order valence-electron chi connectivity index (χ4n) is 5.49. The van der Waals surface area contributed by atoms with E-state index in [2.05, 4.69) is 5.32 Å². The predicted octanol–water partition coefficient (Wildman–Crippen LogP) is 0.468. The summed E-state index contributed by atoms with van der Waals surface area (Å²) in [4.78, 5) is 28.7. The molecule has 204 valence electrons. The highest BCUT2D eigenvalue weighted by molar-refractivity contribution is 5.96. The van der Waals surface area contributed by atoms with Gasteiger partial charge in [-0.25, -0.2) is 0 Å². The second kappa shape index (κ2) is 11.2. The van der Waals surface area contributed by atoms with E-state index in [-0.39, 0.29) is 44.7 Å². The van der Waals surface area contributed by atoms with E-state index in [0.29, 0.717) is 41.2 Å². The summed E-state index contributed by atoms with van der Waals surface area (Å²) in [5.41, 5.74) is 2.19. The van der Waals surface area contributed by atoms with Crippen LogP contribution < -0.4 is 14.8 Å². The number of carbonyl (C=O) groups excluding carboxylic acids is 2. The molecule has 1 aromatic heterocycles. The molecule has 1 fully saturated rings. The Bertz CT molecular complexity index is 1190. The monoisotopic (exact) mass is 528 g/mol. The smallest absolute Gasteiger partial charge is 0.247 e. The number of fused-ring (bicyclic) bond motifs is 3. The number of aliphatic hydroxyl groups is 3. The average Bonchev–Trinajstić information content (AvgIpc) is 3.71. The van der Waals surface area contributed by atoms with Crippen molar-refractivity contribution in [2.75, 3.05) is 33.5 Å². The first-order valence-corrected chi connectivity index (χ1v) is 12.6. The molecule has 0 spiro atoms. The Morgan fingerprint density at radius 2 is 2.08 bits per heavy atom. The standard InChI is InChI=1S/C27H32N2O9/c1-35-21-9-16(12-31)8-18-22-19(26(33)28-4-5-30)10-20(23(32)25(22)38-24(18)21)29(11-15-2-6-36-13-15)27(34)17-3-7-37-14-17/h2,6,8-10,13,17,20,22-23,25,30-32H,3-5,7,11-12,14H2,1H3,(H,28,33). The summed E-state index contributed by atoms with van der Waals surface area (Å²) in [5.74, 6) is -0.966. The third-order valence-electron chi connectivity index (χ3n) is 7.35. The van der Waals surface area contributed by atoms with Crippen molar-refractivity contribution in [3.63, 3.8) is 0 Å². The van der Waals surface area contributed by atoms with Gasteiger partial charge in [-0.15, -0.1) is 0 Å². The molecule has 2 aliphatic heterocycles. The van der Waals surface area contributed by atoms with Gasteiger partial charge < -0.3 is 44.2 Å². The minimum atomic E-state index is -1.19. The topological polar surface area (TPSA) is 151 Å². The second-order valence-electron chi connectivity index (χ2n) is 9.68. The van der Waals surface area contributed by atoms with Crippen LogP contribution in [-0.2, 0) is 27.5 Å². The Labute approximate surface area is 219 Å². The Balaban J connectivity index is 1.59. The molecule has 1 aliphatic carbocycles. The molecule has 1 aromatic carbocycles. The van der Waals surface area contributed by atoms with Crippen molar-refractivity contribution in [1.82, 2.24) is 10.2 Å². The predicted molar refractivity (Wildman–Crippen MR) is 132 cm³/mol. The van der Waals surface area contributed by atoms with E-state index >= 15 is 0 Å². The average molecular weight is 529 g/mol. The lowest BCUT2D eigenvalue weighted by atomic mass is 9.77. The van der Waals surface area contributed by atoms with Gasteiger partial charge >= 0.3 is 0 Å². The first kappa shape index (κ1) is 26.2. The van der Waals surface area contributed by atoms with Crippen LogP contribution in [0.15, 0.2) is 46.8 Å².